The van der Waals surface area contributed by atoms with Crippen LogP contribution < -0.4 is 9.64 Å². The van der Waals surface area contributed by atoms with Gasteiger partial charge in [0.25, 0.3) is 5.95 Å². The topological polar surface area (TPSA) is 100 Å². The molecule has 4 heterocycles. The molecular formula is C25H30ClN7O3S. The zero-order valence-corrected chi connectivity index (χ0v) is 22.7. The zero-order chi connectivity index (χ0) is 25.2. The zero-order valence-electron chi connectivity index (χ0n) is 21.0. The monoisotopic (exact) mass is 543 g/mol. The van der Waals surface area contributed by atoms with Crippen molar-refractivity contribution >= 4 is 47.8 Å². The number of carbonyl (C=O) groups is 1. The Morgan fingerprint density at radius 3 is 2.54 bits per heavy atom. The average Bonchev–Trinajstić information content (AvgIpc) is 3.56. The number of benzene rings is 1. The number of methoxy groups -OCH3 is 1. The summed E-state index contributed by atoms with van der Waals surface area (Å²) >= 11 is 6.04. The largest absolute Gasteiger partial charge is 0.479 e. The number of piperidine rings is 1. The van der Waals surface area contributed by atoms with Crippen molar-refractivity contribution in [2.24, 2.45) is 5.92 Å². The third-order valence-electron chi connectivity index (χ3n) is 6.69. The van der Waals surface area contributed by atoms with Crippen molar-refractivity contribution in [2.45, 2.75) is 32.7 Å². The van der Waals surface area contributed by atoms with Crippen molar-refractivity contribution in [1.29, 1.82) is 0 Å². The maximum atomic E-state index is 12.0. The SMILES string of the molecule is CCOC(=O)c1cnn(-c2nc(OC)c3c(cnn3[C@@H](C)C3CCN(c4ccc(Cl)cc4)CC3)n2)c1.S. The van der Waals surface area contributed by atoms with Crippen LogP contribution in [0.4, 0.5) is 5.69 Å². The number of aromatic nitrogens is 6. The van der Waals surface area contributed by atoms with E-state index < -0.39 is 5.97 Å². The number of hydrogen-bond donors (Lipinski definition) is 0. The van der Waals surface area contributed by atoms with Crippen LogP contribution in [0.15, 0.2) is 42.9 Å². The second-order valence-corrected chi connectivity index (χ2v) is 9.23. The predicted molar refractivity (Wildman–Crippen MR) is 146 cm³/mol. The summed E-state index contributed by atoms with van der Waals surface area (Å²) in [5.41, 5.74) is 2.92. The Bertz CT molecular complexity index is 1370. The molecule has 5 rings (SSSR count). The van der Waals surface area contributed by atoms with E-state index in [2.05, 4.69) is 44.1 Å². The van der Waals surface area contributed by atoms with E-state index in [4.69, 9.17) is 21.1 Å². The first-order valence-electron chi connectivity index (χ1n) is 12.0. The smallest absolute Gasteiger partial charge is 0.341 e. The lowest BCUT2D eigenvalue weighted by molar-refractivity contribution is 0.0526. The van der Waals surface area contributed by atoms with Gasteiger partial charge in [-0.15, -0.1) is 0 Å². The van der Waals surface area contributed by atoms with E-state index >= 15 is 0 Å². The molecule has 37 heavy (non-hydrogen) atoms. The summed E-state index contributed by atoms with van der Waals surface area (Å²) in [6.07, 6.45) is 6.77. The van der Waals surface area contributed by atoms with Gasteiger partial charge in [-0.1, -0.05) is 11.6 Å². The summed E-state index contributed by atoms with van der Waals surface area (Å²) in [4.78, 5) is 23.6. The molecule has 0 radical (unpaired) electrons. The van der Waals surface area contributed by atoms with Crippen molar-refractivity contribution in [1.82, 2.24) is 29.5 Å². The van der Waals surface area contributed by atoms with Gasteiger partial charge in [-0.25, -0.2) is 14.5 Å². The molecule has 0 aliphatic carbocycles. The van der Waals surface area contributed by atoms with Crippen LogP contribution in [0.25, 0.3) is 17.0 Å². The van der Waals surface area contributed by atoms with Gasteiger partial charge in [0, 0.05) is 30.0 Å². The molecule has 0 saturated carbocycles. The fourth-order valence-electron chi connectivity index (χ4n) is 4.72. The molecule has 0 unspecified atom stereocenters. The molecule has 1 aliphatic rings. The van der Waals surface area contributed by atoms with Gasteiger partial charge in [0.2, 0.25) is 5.88 Å². The molecule has 3 aromatic heterocycles. The van der Waals surface area contributed by atoms with Crippen LogP contribution in [0, 0.1) is 5.92 Å². The van der Waals surface area contributed by atoms with Crippen molar-refractivity contribution in [3.05, 3.63) is 53.4 Å². The van der Waals surface area contributed by atoms with E-state index in [1.165, 1.54) is 16.6 Å². The molecule has 196 valence electrons. The van der Waals surface area contributed by atoms with Crippen LogP contribution in [0.2, 0.25) is 5.02 Å². The average molecular weight is 544 g/mol. The molecule has 1 fully saturated rings. The van der Waals surface area contributed by atoms with Gasteiger partial charge in [0.15, 0.2) is 0 Å². The van der Waals surface area contributed by atoms with Crippen LogP contribution in [-0.2, 0) is 4.74 Å². The molecular weight excluding hydrogens is 514 g/mol. The molecule has 4 aromatic rings. The van der Waals surface area contributed by atoms with Crippen molar-refractivity contribution in [3.63, 3.8) is 0 Å². The number of ether oxygens (including phenoxy) is 2. The Hall–Kier alpha value is -3.31. The number of carbonyl (C=O) groups excluding carboxylic acids is 1. The first-order valence-corrected chi connectivity index (χ1v) is 12.4. The molecule has 1 aromatic carbocycles. The molecule has 1 aliphatic heterocycles. The standard InChI is InChI=1S/C25H28ClN7O3.H2S/c1-4-36-24(34)18-13-27-32(15-18)25-29-21-14-28-33(22(21)23(30-25)35-3)16(2)17-9-11-31(12-10-17)20-7-5-19(26)6-8-20;/h5-8,13-17H,4,9-12H2,1-3H3;1H2/t16-;/m0./s1. The third kappa shape index (κ3) is 5.37. The quantitative estimate of drug-likeness (QED) is 0.315. The minimum absolute atomic E-state index is 0. The van der Waals surface area contributed by atoms with Gasteiger partial charge in [0.1, 0.15) is 11.0 Å². The first-order chi connectivity index (χ1) is 17.5. The molecule has 0 N–H and O–H groups in total. The van der Waals surface area contributed by atoms with E-state index in [1.54, 1.807) is 26.4 Å². The number of fused-ring (bicyclic) bond motifs is 1. The van der Waals surface area contributed by atoms with Crippen LogP contribution >= 0.6 is 25.1 Å². The highest BCUT2D eigenvalue weighted by molar-refractivity contribution is 7.59. The minimum Gasteiger partial charge on any atom is -0.479 e. The summed E-state index contributed by atoms with van der Waals surface area (Å²) in [5.74, 6) is 0.698. The number of nitrogens with zero attached hydrogens (tertiary/aromatic N) is 7. The number of esters is 1. The molecule has 0 spiro atoms. The molecule has 1 atom stereocenters. The highest BCUT2D eigenvalue weighted by atomic mass is 35.5. The van der Waals surface area contributed by atoms with Crippen LogP contribution in [0.3, 0.4) is 0 Å². The Morgan fingerprint density at radius 1 is 1.14 bits per heavy atom. The van der Waals surface area contributed by atoms with Crippen molar-refractivity contribution in [2.75, 3.05) is 31.7 Å². The normalized spacial score (nSPS) is 14.9. The Balaban J connectivity index is 0.00000320. The Morgan fingerprint density at radius 2 is 1.86 bits per heavy atom. The van der Waals surface area contributed by atoms with Gasteiger partial charge < -0.3 is 14.4 Å². The first kappa shape index (κ1) is 26.7. The van der Waals surface area contributed by atoms with E-state index in [0.717, 1.165) is 36.5 Å². The van der Waals surface area contributed by atoms with E-state index in [9.17, 15) is 4.79 Å². The van der Waals surface area contributed by atoms with Crippen molar-refractivity contribution < 1.29 is 14.3 Å². The lowest BCUT2D eigenvalue weighted by atomic mass is 9.90. The van der Waals surface area contributed by atoms with E-state index in [-0.39, 0.29) is 26.1 Å². The van der Waals surface area contributed by atoms with Crippen LogP contribution in [0.1, 0.15) is 43.1 Å². The maximum Gasteiger partial charge on any atom is 0.341 e. The summed E-state index contributed by atoms with van der Waals surface area (Å²) in [5, 5.41) is 9.63. The van der Waals surface area contributed by atoms with Crippen molar-refractivity contribution in [3.8, 4) is 11.8 Å². The summed E-state index contributed by atoms with van der Waals surface area (Å²) in [6.45, 7) is 6.16. The lowest BCUT2D eigenvalue weighted by Gasteiger charge is -2.36. The summed E-state index contributed by atoms with van der Waals surface area (Å²) in [7, 11) is 1.57. The highest BCUT2D eigenvalue weighted by Gasteiger charge is 2.28. The number of halogens is 1. The van der Waals surface area contributed by atoms with Gasteiger partial charge in [-0.3, -0.25) is 4.68 Å². The fraction of sp³-hybridized carbons (Fsp3) is 0.400. The van der Waals surface area contributed by atoms with E-state index in [1.807, 2.05) is 16.8 Å². The van der Waals surface area contributed by atoms with Gasteiger partial charge in [-0.05, 0) is 56.9 Å². The number of rotatable bonds is 7. The molecule has 0 bridgehead atoms. The Labute approximate surface area is 227 Å². The number of anilines is 1. The highest BCUT2D eigenvalue weighted by Crippen LogP contribution is 2.34. The third-order valence-corrected chi connectivity index (χ3v) is 6.94. The minimum atomic E-state index is -0.444. The summed E-state index contributed by atoms with van der Waals surface area (Å²) in [6, 6.07) is 8.15. The van der Waals surface area contributed by atoms with Crippen LogP contribution in [0.5, 0.6) is 5.88 Å². The fourth-order valence-corrected chi connectivity index (χ4v) is 4.84. The van der Waals surface area contributed by atoms with Gasteiger partial charge in [-0.2, -0.15) is 28.7 Å². The Kier molecular flexibility index (Phi) is 8.23. The molecule has 0 amide bonds. The van der Waals surface area contributed by atoms with E-state index in [0.29, 0.717) is 28.8 Å². The second-order valence-electron chi connectivity index (χ2n) is 8.79. The van der Waals surface area contributed by atoms with Crippen LogP contribution in [-0.4, -0.2) is 62.3 Å². The molecule has 1 saturated heterocycles. The summed E-state index contributed by atoms with van der Waals surface area (Å²) < 4.78 is 14.1. The molecule has 12 heteroatoms. The second kappa shape index (κ2) is 11.4. The number of hydrogen-bond acceptors (Lipinski definition) is 8. The van der Waals surface area contributed by atoms with Gasteiger partial charge in [0.05, 0.1) is 37.7 Å². The maximum absolute atomic E-state index is 12.0. The molecule has 10 nitrogen and oxygen atoms in total. The predicted octanol–water partition coefficient (Wildman–Crippen LogP) is 4.44. The van der Waals surface area contributed by atoms with Gasteiger partial charge >= 0.3 is 5.97 Å². The lowest BCUT2D eigenvalue weighted by Crippen LogP contribution is -2.36.